The lowest BCUT2D eigenvalue weighted by Crippen LogP contribution is -2.45. The maximum absolute atomic E-state index is 13.9. The van der Waals surface area contributed by atoms with E-state index in [1.807, 2.05) is 18.0 Å². The maximum Gasteiger partial charge on any atom is 0.244 e. The van der Waals surface area contributed by atoms with Crippen LogP contribution in [0.1, 0.15) is 16.8 Å². The number of likely N-dealkylation sites (N-methyl/N-ethyl adjacent to an activating group) is 1. The van der Waals surface area contributed by atoms with Crippen LogP contribution in [0, 0.1) is 23.0 Å². The van der Waals surface area contributed by atoms with Crippen LogP contribution >= 0.6 is 0 Å². The fraction of sp³-hybridized carbons (Fsp3) is 0.320. The molecular weight excluding hydrogens is 502 g/mol. The molecular formula is C25H24F2N6O3S. The van der Waals surface area contributed by atoms with Gasteiger partial charge >= 0.3 is 0 Å². The van der Waals surface area contributed by atoms with Gasteiger partial charge in [0.25, 0.3) is 0 Å². The monoisotopic (exact) mass is 526 g/mol. The zero-order chi connectivity index (χ0) is 26.2. The average Bonchev–Trinajstić information content (AvgIpc) is 2.90. The van der Waals surface area contributed by atoms with Gasteiger partial charge in [-0.25, -0.2) is 22.2 Å². The first-order valence-corrected chi connectivity index (χ1v) is 13.2. The van der Waals surface area contributed by atoms with Crippen LogP contribution in [0.25, 0.3) is 0 Å². The van der Waals surface area contributed by atoms with Gasteiger partial charge in [-0.3, -0.25) is 0 Å². The summed E-state index contributed by atoms with van der Waals surface area (Å²) in [6.07, 6.45) is 0.292. The SMILES string of the molecule is CN1CCN(c2nc3c(c(Oc4ccc(F)c(F)c4)n2)CN(S(=O)(=O)c2ccccc2C#N)CC3)CC1. The molecule has 1 saturated heterocycles. The average molecular weight is 527 g/mol. The third kappa shape index (κ3) is 4.98. The maximum atomic E-state index is 13.9. The first-order valence-electron chi connectivity index (χ1n) is 11.7. The molecule has 0 aliphatic carbocycles. The highest BCUT2D eigenvalue weighted by atomic mass is 32.2. The number of anilines is 1. The molecule has 1 fully saturated rings. The van der Waals surface area contributed by atoms with E-state index in [9.17, 15) is 22.5 Å². The first kappa shape index (κ1) is 25.0. The number of ether oxygens (including phenoxy) is 1. The molecule has 0 radical (unpaired) electrons. The standard InChI is InChI=1S/C25H24F2N6O3S/c1-31-10-12-32(13-11-31)25-29-22-8-9-33(37(34,35)23-5-3-2-4-17(23)15-28)16-19(22)24(30-25)36-18-6-7-20(26)21(27)14-18/h2-7,14H,8-13,16H2,1H3. The van der Waals surface area contributed by atoms with E-state index in [0.717, 1.165) is 25.2 Å². The summed E-state index contributed by atoms with van der Waals surface area (Å²) in [5, 5.41) is 9.42. The Morgan fingerprint density at radius 3 is 2.49 bits per heavy atom. The van der Waals surface area contributed by atoms with E-state index in [2.05, 4.69) is 9.88 Å². The number of aromatic nitrogens is 2. The number of hydrogen-bond donors (Lipinski definition) is 0. The van der Waals surface area contributed by atoms with Crippen molar-refractivity contribution in [2.24, 2.45) is 0 Å². The van der Waals surface area contributed by atoms with Crippen molar-refractivity contribution >= 4 is 16.0 Å². The van der Waals surface area contributed by atoms with E-state index in [4.69, 9.17) is 9.72 Å². The van der Waals surface area contributed by atoms with Gasteiger partial charge < -0.3 is 14.5 Å². The molecule has 0 bridgehead atoms. The Labute approximate surface area is 213 Å². The van der Waals surface area contributed by atoms with Crippen LogP contribution in [0.3, 0.4) is 0 Å². The Kier molecular flexibility index (Phi) is 6.76. The van der Waals surface area contributed by atoms with Crippen molar-refractivity contribution in [2.45, 2.75) is 17.9 Å². The van der Waals surface area contributed by atoms with Crippen molar-refractivity contribution in [2.75, 3.05) is 44.7 Å². The van der Waals surface area contributed by atoms with Gasteiger partial charge in [-0.1, -0.05) is 12.1 Å². The van der Waals surface area contributed by atoms with Crippen LogP contribution in [0.5, 0.6) is 11.6 Å². The van der Waals surface area contributed by atoms with Gasteiger partial charge in [-0.05, 0) is 31.3 Å². The van der Waals surface area contributed by atoms with Crippen molar-refractivity contribution in [3.8, 4) is 17.7 Å². The summed E-state index contributed by atoms with van der Waals surface area (Å²) in [4.78, 5) is 13.4. The second-order valence-corrected chi connectivity index (χ2v) is 10.8. The number of fused-ring (bicyclic) bond motifs is 1. The first-order chi connectivity index (χ1) is 17.8. The molecule has 2 aromatic carbocycles. The molecule has 3 aromatic rings. The minimum Gasteiger partial charge on any atom is -0.438 e. The largest absolute Gasteiger partial charge is 0.438 e. The van der Waals surface area contributed by atoms with Crippen molar-refractivity contribution in [1.82, 2.24) is 19.2 Å². The van der Waals surface area contributed by atoms with E-state index in [0.29, 0.717) is 36.7 Å². The van der Waals surface area contributed by atoms with Crippen LogP contribution < -0.4 is 9.64 Å². The zero-order valence-corrected chi connectivity index (χ0v) is 20.9. The second kappa shape index (κ2) is 10.0. The Morgan fingerprint density at radius 2 is 1.76 bits per heavy atom. The van der Waals surface area contributed by atoms with E-state index in [1.54, 1.807) is 12.1 Å². The lowest BCUT2D eigenvalue weighted by molar-refractivity contribution is 0.310. The van der Waals surface area contributed by atoms with Crippen LogP contribution in [-0.4, -0.2) is 67.4 Å². The predicted molar refractivity (Wildman–Crippen MR) is 131 cm³/mol. The number of benzene rings is 2. The highest BCUT2D eigenvalue weighted by Gasteiger charge is 2.34. The number of piperazine rings is 1. The number of nitrogens with zero attached hydrogens (tertiary/aromatic N) is 6. The van der Waals surface area contributed by atoms with Crippen LogP contribution in [0.15, 0.2) is 47.4 Å². The molecule has 0 amide bonds. The summed E-state index contributed by atoms with van der Waals surface area (Å²) < 4.78 is 61.5. The van der Waals surface area contributed by atoms with Gasteiger partial charge in [0.2, 0.25) is 21.9 Å². The van der Waals surface area contributed by atoms with Gasteiger partial charge in [-0.15, -0.1) is 0 Å². The second-order valence-electron chi connectivity index (χ2n) is 8.92. The molecule has 0 unspecified atom stereocenters. The fourth-order valence-corrected chi connectivity index (χ4v) is 5.91. The lowest BCUT2D eigenvalue weighted by Gasteiger charge is -2.34. The zero-order valence-electron chi connectivity index (χ0n) is 20.1. The highest BCUT2D eigenvalue weighted by molar-refractivity contribution is 7.89. The van der Waals surface area contributed by atoms with Crippen molar-refractivity contribution in [3.63, 3.8) is 0 Å². The normalized spacial score (nSPS) is 16.8. The summed E-state index contributed by atoms with van der Waals surface area (Å²) in [6.45, 7) is 3.10. The Bertz CT molecular complexity index is 1490. The van der Waals surface area contributed by atoms with Crippen LogP contribution in [0.4, 0.5) is 14.7 Å². The van der Waals surface area contributed by atoms with E-state index >= 15 is 0 Å². The summed E-state index contributed by atoms with van der Waals surface area (Å²) in [5.41, 5.74) is 1.11. The third-order valence-corrected chi connectivity index (χ3v) is 8.40. The highest BCUT2D eigenvalue weighted by Crippen LogP contribution is 2.34. The minimum absolute atomic E-state index is 0.0268. The minimum atomic E-state index is -4.01. The Hall–Kier alpha value is -3.66. The van der Waals surface area contributed by atoms with Gasteiger partial charge in [0.05, 0.1) is 21.7 Å². The molecule has 0 atom stereocenters. The summed E-state index contributed by atoms with van der Waals surface area (Å²) in [6, 6.07) is 11.1. The molecule has 1 aromatic heterocycles. The van der Waals surface area contributed by atoms with Gasteiger partial charge in [0.1, 0.15) is 11.8 Å². The smallest absolute Gasteiger partial charge is 0.244 e. The molecule has 0 spiro atoms. The summed E-state index contributed by atoms with van der Waals surface area (Å²) in [7, 11) is -1.98. The van der Waals surface area contributed by atoms with Gasteiger partial charge in [0, 0.05) is 51.8 Å². The van der Waals surface area contributed by atoms with Crippen molar-refractivity contribution in [3.05, 3.63) is 70.9 Å². The Morgan fingerprint density at radius 1 is 1.00 bits per heavy atom. The van der Waals surface area contributed by atoms with Crippen molar-refractivity contribution < 1.29 is 21.9 Å². The number of nitriles is 1. The third-order valence-electron chi connectivity index (χ3n) is 6.49. The van der Waals surface area contributed by atoms with Gasteiger partial charge in [-0.2, -0.15) is 14.6 Å². The molecule has 3 heterocycles. The molecule has 192 valence electrons. The van der Waals surface area contributed by atoms with E-state index < -0.39 is 21.7 Å². The summed E-state index contributed by atoms with van der Waals surface area (Å²) >= 11 is 0. The number of halogens is 2. The van der Waals surface area contributed by atoms with Crippen molar-refractivity contribution in [1.29, 1.82) is 5.26 Å². The van der Waals surface area contributed by atoms with E-state index in [-0.39, 0.29) is 35.2 Å². The fourth-order valence-electron chi connectivity index (χ4n) is 4.36. The van der Waals surface area contributed by atoms with Gasteiger partial charge in [0.15, 0.2) is 11.6 Å². The molecule has 2 aliphatic rings. The van der Waals surface area contributed by atoms with Crippen LogP contribution in [0.2, 0.25) is 0 Å². The number of rotatable bonds is 5. The molecule has 12 heteroatoms. The molecule has 9 nitrogen and oxygen atoms in total. The molecule has 0 saturated carbocycles. The molecule has 2 aliphatic heterocycles. The molecule has 0 N–H and O–H groups in total. The molecule has 37 heavy (non-hydrogen) atoms. The van der Waals surface area contributed by atoms with E-state index in [1.165, 1.54) is 22.5 Å². The summed E-state index contributed by atoms with van der Waals surface area (Å²) in [5.74, 6) is -1.53. The quantitative estimate of drug-likeness (QED) is 0.500. The van der Waals surface area contributed by atoms with Crippen LogP contribution in [-0.2, 0) is 23.0 Å². The Balaban J connectivity index is 1.53. The number of hydrogen-bond acceptors (Lipinski definition) is 8. The number of sulfonamides is 1. The lowest BCUT2D eigenvalue weighted by atomic mass is 10.1. The topological polar surface area (TPSA) is 103 Å². The predicted octanol–water partition coefficient (Wildman–Crippen LogP) is 2.92. The molecule has 5 rings (SSSR count).